The van der Waals surface area contributed by atoms with Crippen LogP contribution in [-0.4, -0.2) is 75.2 Å². The predicted molar refractivity (Wildman–Crippen MR) is 145 cm³/mol. The molecule has 4 heterocycles. The highest BCUT2D eigenvalue weighted by molar-refractivity contribution is 6.30. The van der Waals surface area contributed by atoms with Crippen molar-refractivity contribution in [1.82, 2.24) is 25.0 Å². The molecule has 2 aliphatic heterocycles. The van der Waals surface area contributed by atoms with E-state index in [1.165, 1.54) is 12.1 Å². The van der Waals surface area contributed by atoms with Gasteiger partial charge in [0.1, 0.15) is 11.5 Å². The number of carbonyl (C=O) groups is 1. The fourth-order valence-corrected chi connectivity index (χ4v) is 5.86. The van der Waals surface area contributed by atoms with Gasteiger partial charge in [0.2, 0.25) is 0 Å². The maximum Gasteiger partial charge on any atom is 0.313 e. The molecule has 1 aromatic carbocycles. The lowest BCUT2D eigenvalue weighted by Crippen LogP contribution is -2.61. The molecule has 0 unspecified atom stereocenters. The van der Waals surface area contributed by atoms with Crippen molar-refractivity contribution in [2.24, 2.45) is 0 Å². The Labute approximate surface area is 226 Å². The molecule has 2 saturated heterocycles. The average Bonchev–Trinajstić information content (AvgIpc) is 3.36. The Morgan fingerprint density at radius 1 is 1.18 bits per heavy atom. The van der Waals surface area contributed by atoms with Crippen molar-refractivity contribution in [1.29, 1.82) is 0 Å². The van der Waals surface area contributed by atoms with Gasteiger partial charge in [-0.05, 0) is 63.4 Å². The van der Waals surface area contributed by atoms with Gasteiger partial charge in [-0.15, -0.1) is 5.10 Å². The van der Waals surface area contributed by atoms with Crippen LogP contribution in [0.3, 0.4) is 0 Å². The van der Waals surface area contributed by atoms with Crippen molar-refractivity contribution in [3.63, 3.8) is 0 Å². The fourth-order valence-electron chi connectivity index (χ4n) is 5.74. The number of likely N-dealkylation sites (tertiary alicyclic amines) is 1. The molecule has 38 heavy (non-hydrogen) atoms. The number of pyridine rings is 1. The molecule has 1 amide bonds. The standard InChI is InChI=1S/C27H33ClFN7O2/c1-4-19-15-35(24-8-7-23(31-17(24)3)25-32-33-27(30)38-25)16(2)14-36(19)20-9-11-34(12-10-20)26(37)18-5-6-21(28)22(29)13-18/h5-8,13,16,19-20H,4,9-12,14-15H2,1-3H3,(H2,30,33)/t16-,19+/m1/s1. The van der Waals surface area contributed by atoms with Crippen molar-refractivity contribution < 1.29 is 13.6 Å². The summed E-state index contributed by atoms with van der Waals surface area (Å²) in [5.41, 5.74) is 8.52. The molecule has 2 atom stereocenters. The molecule has 0 aliphatic carbocycles. The van der Waals surface area contributed by atoms with Crippen LogP contribution < -0.4 is 10.6 Å². The number of amides is 1. The number of hydrogen-bond donors (Lipinski definition) is 1. The van der Waals surface area contributed by atoms with Gasteiger partial charge in [-0.1, -0.05) is 23.6 Å². The molecule has 202 valence electrons. The predicted octanol–water partition coefficient (Wildman–Crippen LogP) is 4.41. The van der Waals surface area contributed by atoms with Gasteiger partial charge in [0.15, 0.2) is 0 Å². The highest BCUT2D eigenvalue weighted by atomic mass is 35.5. The van der Waals surface area contributed by atoms with Gasteiger partial charge in [-0.3, -0.25) is 9.69 Å². The second-order valence-corrected chi connectivity index (χ2v) is 10.6. The Balaban J connectivity index is 1.24. The number of nitrogen functional groups attached to an aromatic ring is 1. The fraction of sp³-hybridized carbons (Fsp3) is 0.481. The number of carbonyl (C=O) groups excluding carboxylic acids is 1. The van der Waals surface area contributed by atoms with Crippen LogP contribution in [0.1, 0.15) is 49.2 Å². The van der Waals surface area contributed by atoms with Crippen molar-refractivity contribution in [3.05, 3.63) is 52.4 Å². The zero-order valence-corrected chi connectivity index (χ0v) is 22.7. The van der Waals surface area contributed by atoms with E-state index in [1.54, 1.807) is 6.07 Å². The summed E-state index contributed by atoms with van der Waals surface area (Å²) >= 11 is 5.78. The van der Waals surface area contributed by atoms with Gasteiger partial charge in [0.25, 0.3) is 11.8 Å². The second kappa shape index (κ2) is 10.9. The van der Waals surface area contributed by atoms with Gasteiger partial charge in [-0.2, -0.15) is 0 Å². The van der Waals surface area contributed by atoms with E-state index in [1.807, 2.05) is 17.9 Å². The third-order valence-electron chi connectivity index (χ3n) is 7.77. The van der Waals surface area contributed by atoms with E-state index in [0.29, 0.717) is 48.4 Å². The molecule has 0 radical (unpaired) electrons. The van der Waals surface area contributed by atoms with Gasteiger partial charge >= 0.3 is 6.01 Å². The van der Waals surface area contributed by atoms with Gasteiger partial charge in [0, 0.05) is 49.9 Å². The summed E-state index contributed by atoms with van der Waals surface area (Å²) < 4.78 is 19.2. The van der Waals surface area contributed by atoms with Crippen molar-refractivity contribution in [2.45, 2.75) is 58.2 Å². The van der Waals surface area contributed by atoms with E-state index in [9.17, 15) is 9.18 Å². The van der Waals surface area contributed by atoms with E-state index in [4.69, 9.17) is 26.7 Å². The molecular formula is C27H33ClFN7O2. The minimum atomic E-state index is -0.565. The summed E-state index contributed by atoms with van der Waals surface area (Å²) in [5.74, 6) is -0.393. The zero-order valence-electron chi connectivity index (χ0n) is 21.9. The number of nitrogens with zero attached hydrogens (tertiary/aromatic N) is 6. The number of piperazine rings is 1. The van der Waals surface area contributed by atoms with E-state index >= 15 is 0 Å². The summed E-state index contributed by atoms with van der Waals surface area (Å²) in [6.45, 7) is 9.62. The number of nitrogens with two attached hydrogens (primary N) is 1. The summed E-state index contributed by atoms with van der Waals surface area (Å²) in [6.07, 6.45) is 2.82. The second-order valence-electron chi connectivity index (χ2n) is 10.2. The van der Waals surface area contributed by atoms with Crippen molar-refractivity contribution in [2.75, 3.05) is 36.8 Å². The molecule has 5 rings (SSSR count). The van der Waals surface area contributed by atoms with Crippen LogP contribution in [0.25, 0.3) is 11.6 Å². The maximum atomic E-state index is 13.9. The number of benzene rings is 1. The number of aromatic nitrogens is 3. The van der Waals surface area contributed by atoms with Crippen LogP contribution in [0.5, 0.6) is 0 Å². The van der Waals surface area contributed by atoms with Crippen molar-refractivity contribution in [3.8, 4) is 11.6 Å². The number of aryl methyl sites for hydroxylation is 1. The van der Waals surface area contributed by atoms with Gasteiger partial charge in [-0.25, -0.2) is 9.37 Å². The normalized spacial score (nSPS) is 21.2. The average molecular weight is 542 g/mol. The Morgan fingerprint density at radius 3 is 2.58 bits per heavy atom. The topological polar surface area (TPSA) is 105 Å². The molecule has 0 spiro atoms. The zero-order chi connectivity index (χ0) is 27.0. The Morgan fingerprint density at radius 2 is 1.95 bits per heavy atom. The summed E-state index contributed by atoms with van der Waals surface area (Å²) in [4.78, 5) is 24.5. The monoisotopic (exact) mass is 541 g/mol. The Bertz CT molecular complexity index is 1310. The largest absolute Gasteiger partial charge is 0.402 e. The molecular weight excluding hydrogens is 509 g/mol. The number of rotatable bonds is 5. The molecule has 3 aromatic rings. The van der Waals surface area contributed by atoms with E-state index < -0.39 is 5.82 Å². The minimum absolute atomic E-state index is 0.0214. The van der Waals surface area contributed by atoms with E-state index in [2.05, 4.69) is 39.9 Å². The van der Waals surface area contributed by atoms with Crippen LogP contribution in [0.4, 0.5) is 16.1 Å². The first-order valence-corrected chi connectivity index (χ1v) is 13.5. The van der Waals surface area contributed by atoms with E-state index in [-0.39, 0.29) is 16.9 Å². The molecule has 2 aliphatic rings. The highest BCUT2D eigenvalue weighted by Crippen LogP contribution is 2.32. The number of hydrogen-bond acceptors (Lipinski definition) is 8. The lowest BCUT2D eigenvalue weighted by molar-refractivity contribution is 0.0435. The number of piperidine rings is 1. The number of halogens is 2. The third kappa shape index (κ3) is 5.19. The molecule has 2 aromatic heterocycles. The minimum Gasteiger partial charge on any atom is -0.402 e. The smallest absolute Gasteiger partial charge is 0.313 e. The van der Waals surface area contributed by atoms with Crippen LogP contribution in [0, 0.1) is 12.7 Å². The van der Waals surface area contributed by atoms with Gasteiger partial charge < -0.3 is 20.0 Å². The molecule has 0 bridgehead atoms. The SMILES string of the molecule is CC[C@H]1CN(c2ccc(-c3nnc(N)o3)nc2C)[C@H](C)CN1C1CCN(C(=O)c2ccc(Cl)c(F)c2)CC1. The summed E-state index contributed by atoms with van der Waals surface area (Å²) in [7, 11) is 0. The first-order chi connectivity index (χ1) is 18.2. The van der Waals surface area contributed by atoms with Crippen LogP contribution in [0.2, 0.25) is 5.02 Å². The van der Waals surface area contributed by atoms with Crippen LogP contribution in [0.15, 0.2) is 34.7 Å². The van der Waals surface area contributed by atoms with Gasteiger partial charge in [0.05, 0.1) is 16.4 Å². The van der Waals surface area contributed by atoms with E-state index in [0.717, 1.165) is 43.7 Å². The van der Waals surface area contributed by atoms with Crippen molar-refractivity contribution >= 4 is 29.2 Å². The Kier molecular flexibility index (Phi) is 7.54. The quantitative estimate of drug-likeness (QED) is 0.506. The molecule has 9 nitrogen and oxygen atoms in total. The van der Waals surface area contributed by atoms with Crippen LogP contribution >= 0.6 is 11.6 Å². The molecule has 2 N–H and O–H groups in total. The lowest BCUT2D eigenvalue weighted by atomic mass is 9.95. The lowest BCUT2D eigenvalue weighted by Gasteiger charge is -2.51. The molecule has 2 fully saturated rings. The number of anilines is 2. The first kappa shape index (κ1) is 26.4. The van der Waals surface area contributed by atoms with Crippen LogP contribution in [-0.2, 0) is 0 Å². The summed E-state index contributed by atoms with van der Waals surface area (Å²) in [6, 6.07) is 9.33. The highest BCUT2D eigenvalue weighted by Gasteiger charge is 2.37. The Hall–Kier alpha value is -3.24. The maximum absolute atomic E-state index is 13.9. The summed E-state index contributed by atoms with van der Waals surface area (Å²) in [5, 5.41) is 7.69. The molecule has 0 saturated carbocycles. The first-order valence-electron chi connectivity index (χ1n) is 13.1. The molecule has 11 heteroatoms. The third-order valence-corrected chi connectivity index (χ3v) is 8.08.